The molecule has 1 aromatic carbocycles. The summed E-state index contributed by atoms with van der Waals surface area (Å²) >= 11 is 9.34. The molecule has 1 aromatic heterocycles. The van der Waals surface area contributed by atoms with Gasteiger partial charge in [0.15, 0.2) is 0 Å². The maximum atomic E-state index is 6.03. The van der Waals surface area contributed by atoms with Gasteiger partial charge in [0.2, 0.25) is 0 Å². The van der Waals surface area contributed by atoms with Crippen LogP contribution in [0.4, 0.5) is 11.5 Å². The van der Waals surface area contributed by atoms with E-state index in [1.54, 1.807) is 24.4 Å². The summed E-state index contributed by atoms with van der Waals surface area (Å²) in [6.07, 6.45) is 1.69. The van der Waals surface area contributed by atoms with Crippen molar-refractivity contribution in [1.82, 2.24) is 4.98 Å². The van der Waals surface area contributed by atoms with Crippen LogP contribution in [0, 0.1) is 0 Å². The highest BCUT2D eigenvalue weighted by molar-refractivity contribution is 9.10. The fourth-order valence-corrected chi connectivity index (χ4v) is 2.14. The highest BCUT2D eigenvalue weighted by Crippen LogP contribution is 2.22. The molecule has 0 atom stereocenters. The highest BCUT2D eigenvalue weighted by Gasteiger charge is 2.01. The second-order valence-electron chi connectivity index (χ2n) is 3.83. The third-order valence-electron chi connectivity index (χ3n) is 2.35. The molecular weight excluding hydrogens is 330 g/mol. The molecule has 2 aromatic rings. The van der Waals surface area contributed by atoms with Crippen molar-refractivity contribution in [3.05, 3.63) is 46.0 Å². The van der Waals surface area contributed by atoms with Crippen molar-refractivity contribution < 1.29 is 4.74 Å². The van der Waals surface area contributed by atoms with Crippen LogP contribution < -0.4 is 15.8 Å². The fraction of sp³-hybridized carbons (Fsp3) is 0.154. The summed E-state index contributed by atoms with van der Waals surface area (Å²) in [5, 5.41) is 3.68. The molecule has 3 N–H and O–H groups in total. The van der Waals surface area contributed by atoms with E-state index in [0.717, 1.165) is 15.9 Å². The van der Waals surface area contributed by atoms with Gasteiger partial charge < -0.3 is 15.8 Å². The number of nitrogens with one attached hydrogen (secondary N) is 1. The van der Waals surface area contributed by atoms with Crippen LogP contribution in [-0.4, -0.2) is 18.1 Å². The molecule has 0 saturated heterocycles. The molecule has 0 aliphatic rings. The van der Waals surface area contributed by atoms with Crippen molar-refractivity contribution in [2.75, 3.05) is 24.2 Å². The van der Waals surface area contributed by atoms with E-state index in [9.17, 15) is 0 Å². The molecule has 2 rings (SSSR count). The van der Waals surface area contributed by atoms with Crippen LogP contribution >= 0.6 is 27.5 Å². The lowest BCUT2D eigenvalue weighted by atomic mass is 10.3. The van der Waals surface area contributed by atoms with Gasteiger partial charge in [-0.05, 0) is 46.3 Å². The van der Waals surface area contributed by atoms with Crippen LogP contribution in [0.25, 0.3) is 0 Å². The molecule has 0 amide bonds. The van der Waals surface area contributed by atoms with Crippen LogP contribution in [0.2, 0.25) is 5.02 Å². The van der Waals surface area contributed by atoms with Crippen LogP contribution in [0.15, 0.2) is 41.0 Å². The first kappa shape index (κ1) is 14.0. The second-order valence-corrected chi connectivity index (χ2v) is 5.15. The summed E-state index contributed by atoms with van der Waals surface area (Å²) in [6, 6.07) is 9.06. The van der Waals surface area contributed by atoms with Crippen molar-refractivity contribution in [2.24, 2.45) is 0 Å². The van der Waals surface area contributed by atoms with Gasteiger partial charge in [0.05, 0.1) is 11.6 Å². The first-order valence-electron chi connectivity index (χ1n) is 5.68. The van der Waals surface area contributed by atoms with Crippen LogP contribution in [0.5, 0.6) is 5.75 Å². The van der Waals surface area contributed by atoms with Gasteiger partial charge in [-0.15, -0.1) is 0 Å². The van der Waals surface area contributed by atoms with Gasteiger partial charge in [0.25, 0.3) is 0 Å². The van der Waals surface area contributed by atoms with Gasteiger partial charge in [0.1, 0.15) is 18.2 Å². The standard InChI is InChI=1S/C13H13BrClN3O/c14-9-7-12(15)13(18-8-9)17-5-6-19-11-3-1-10(16)2-4-11/h1-4,7-8H,5-6,16H2,(H,17,18). The lowest BCUT2D eigenvalue weighted by Gasteiger charge is -2.09. The molecule has 0 aliphatic heterocycles. The summed E-state index contributed by atoms with van der Waals surface area (Å²) in [4.78, 5) is 4.17. The van der Waals surface area contributed by atoms with E-state index in [1.165, 1.54) is 0 Å². The number of benzene rings is 1. The highest BCUT2D eigenvalue weighted by atomic mass is 79.9. The molecule has 1 heterocycles. The average Bonchev–Trinajstić information content (AvgIpc) is 2.39. The summed E-state index contributed by atoms with van der Waals surface area (Å²) in [5.41, 5.74) is 6.31. The number of hydrogen-bond donors (Lipinski definition) is 2. The Morgan fingerprint density at radius 1 is 1.32 bits per heavy atom. The van der Waals surface area contributed by atoms with Crippen molar-refractivity contribution in [1.29, 1.82) is 0 Å². The van der Waals surface area contributed by atoms with Crippen molar-refractivity contribution in [3.8, 4) is 5.75 Å². The van der Waals surface area contributed by atoms with Gasteiger partial charge in [-0.3, -0.25) is 0 Å². The predicted molar refractivity (Wildman–Crippen MR) is 81.8 cm³/mol. The Kier molecular flexibility index (Phi) is 4.87. The molecule has 0 bridgehead atoms. The molecule has 6 heteroatoms. The number of nitrogens with zero attached hydrogens (tertiary/aromatic N) is 1. The van der Waals surface area contributed by atoms with Crippen molar-refractivity contribution in [2.45, 2.75) is 0 Å². The minimum absolute atomic E-state index is 0.512. The predicted octanol–water partition coefficient (Wildman–Crippen LogP) is 3.57. The van der Waals surface area contributed by atoms with Gasteiger partial charge in [-0.2, -0.15) is 0 Å². The maximum absolute atomic E-state index is 6.03. The van der Waals surface area contributed by atoms with E-state index in [4.69, 9.17) is 22.1 Å². The normalized spacial score (nSPS) is 10.2. The molecule has 100 valence electrons. The van der Waals surface area contributed by atoms with E-state index in [0.29, 0.717) is 24.0 Å². The van der Waals surface area contributed by atoms with Crippen LogP contribution in [-0.2, 0) is 0 Å². The number of hydrogen-bond acceptors (Lipinski definition) is 4. The number of ether oxygens (including phenoxy) is 1. The number of nitrogens with two attached hydrogens (primary N) is 1. The van der Waals surface area contributed by atoms with E-state index in [-0.39, 0.29) is 0 Å². The molecule has 0 unspecified atom stereocenters. The number of halogens is 2. The zero-order chi connectivity index (χ0) is 13.7. The molecule has 0 saturated carbocycles. The molecule has 19 heavy (non-hydrogen) atoms. The molecule has 0 radical (unpaired) electrons. The summed E-state index contributed by atoms with van der Waals surface area (Å²) in [6.45, 7) is 1.12. The number of nitrogen functional groups attached to an aromatic ring is 1. The Morgan fingerprint density at radius 2 is 2.05 bits per heavy atom. The van der Waals surface area contributed by atoms with Crippen molar-refractivity contribution in [3.63, 3.8) is 0 Å². The third kappa shape index (κ3) is 4.29. The van der Waals surface area contributed by atoms with E-state index >= 15 is 0 Å². The molecule has 0 aliphatic carbocycles. The minimum atomic E-state index is 0.512. The summed E-state index contributed by atoms with van der Waals surface area (Å²) < 4.78 is 6.40. The van der Waals surface area contributed by atoms with E-state index in [1.807, 2.05) is 12.1 Å². The number of anilines is 2. The van der Waals surface area contributed by atoms with Crippen molar-refractivity contribution >= 4 is 39.0 Å². The minimum Gasteiger partial charge on any atom is -0.492 e. The average molecular weight is 343 g/mol. The van der Waals surface area contributed by atoms with Crippen LogP contribution in [0.1, 0.15) is 0 Å². The smallest absolute Gasteiger partial charge is 0.144 e. The van der Waals surface area contributed by atoms with E-state index in [2.05, 4.69) is 26.2 Å². The molecular formula is C13H13BrClN3O. The van der Waals surface area contributed by atoms with Gasteiger partial charge in [-0.25, -0.2) is 4.98 Å². The Balaban J connectivity index is 1.79. The fourth-order valence-electron chi connectivity index (χ4n) is 1.45. The third-order valence-corrected chi connectivity index (χ3v) is 3.07. The largest absolute Gasteiger partial charge is 0.492 e. The second kappa shape index (κ2) is 6.63. The molecule has 4 nitrogen and oxygen atoms in total. The number of rotatable bonds is 5. The van der Waals surface area contributed by atoms with Crippen LogP contribution in [0.3, 0.4) is 0 Å². The monoisotopic (exact) mass is 341 g/mol. The van der Waals surface area contributed by atoms with E-state index < -0.39 is 0 Å². The Bertz CT molecular complexity index is 548. The van der Waals surface area contributed by atoms with Gasteiger partial charge >= 0.3 is 0 Å². The first-order chi connectivity index (χ1) is 9.15. The maximum Gasteiger partial charge on any atom is 0.144 e. The lowest BCUT2D eigenvalue weighted by molar-refractivity contribution is 0.333. The zero-order valence-electron chi connectivity index (χ0n) is 10.1. The summed E-state index contributed by atoms with van der Waals surface area (Å²) in [5.74, 6) is 1.43. The SMILES string of the molecule is Nc1ccc(OCCNc2ncc(Br)cc2Cl)cc1. The number of aromatic nitrogens is 1. The Hall–Kier alpha value is -1.46. The van der Waals surface area contributed by atoms with Gasteiger partial charge in [0, 0.05) is 16.4 Å². The lowest BCUT2D eigenvalue weighted by Crippen LogP contribution is -2.12. The van der Waals surface area contributed by atoms with Gasteiger partial charge in [-0.1, -0.05) is 11.6 Å². The Morgan fingerprint density at radius 3 is 2.74 bits per heavy atom. The zero-order valence-corrected chi connectivity index (χ0v) is 12.4. The first-order valence-corrected chi connectivity index (χ1v) is 6.85. The molecule has 0 fully saturated rings. The number of pyridine rings is 1. The molecule has 0 spiro atoms. The topological polar surface area (TPSA) is 60.2 Å². The summed E-state index contributed by atoms with van der Waals surface area (Å²) in [7, 11) is 0. The Labute approximate surface area is 125 Å². The quantitative estimate of drug-likeness (QED) is 0.644.